The van der Waals surface area contributed by atoms with E-state index in [9.17, 15) is 10.3 Å². The van der Waals surface area contributed by atoms with Gasteiger partial charge in [0.05, 0.1) is 6.61 Å². The van der Waals surface area contributed by atoms with Crippen molar-refractivity contribution in [1.29, 1.82) is 0 Å². The van der Waals surface area contributed by atoms with Crippen LogP contribution in [0.25, 0.3) is 21.6 Å². The minimum absolute atomic E-state index is 0.0405. The van der Waals surface area contributed by atoms with Crippen LogP contribution in [-0.2, 0) is 22.4 Å². The Bertz CT molecular complexity index is 2020. The fourth-order valence-corrected chi connectivity index (χ4v) is 6.22. The molecule has 5 aromatic rings. The van der Waals surface area contributed by atoms with Crippen LogP contribution in [0.1, 0.15) is 34.8 Å². The molecule has 0 saturated heterocycles. The number of hydrazine groups is 1. The fourth-order valence-electron chi connectivity index (χ4n) is 6.01. The van der Waals surface area contributed by atoms with Crippen LogP contribution in [0.15, 0.2) is 138 Å². The SMILES string of the molecule is [N-]=[N+]=Nc1ccccc1C[C@]1(C(=O)NNCCc2cccc(Cl)c2)N=C(c2ccc(OCCCO)cc2)O[C@H]1c1ccc(-c2ccccc2)cc1. The van der Waals surface area contributed by atoms with Crippen molar-refractivity contribution in [3.05, 3.63) is 165 Å². The number of ether oxygens (including phenoxy) is 2. The van der Waals surface area contributed by atoms with Crippen molar-refractivity contribution in [2.24, 2.45) is 10.1 Å². The summed E-state index contributed by atoms with van der Waals surface area (Å²) in [5, 5.41) is 13.7. The van der Waals surface area contributed by atoms with Crippen LogP contribution in [0.3, 0.4) is 0 Å². The summed E-state index contributed by atoms with van der Waals surface area (Å²) in [5.74, 6) is 0.500. The molecular formula is C40H37ClN6O4. The predicted octanol–water partition coefficient (Wildman–Crippen LogP) is 8.07. The smallest absolute Gasteiger partial charge is 0.266 e. The molecule has 1 aliphatic rings. The van der Waals surface area contributed by atoms with Crippen molar-refractivity contribution in [3.8, 4) is 16.9 Å². The minimum atomic E-state index is -1.52. The van der Waals surface area contributed by atoms with Gasteiger partial charge in [-0.3, -0.25) is 10.2 Å². The van der Waals surface area contributed by atoms with Crippen LogP contribution >= 0.6 is 11.6 Å². The predicted molar refractivity (Wildman–Crippen MR) is 199 cm³/mol. The van der Waals surface area contributed by atoms with Crippen molar-refractivity contribution >= 4 is 29.1 Å². The second-order valence-corrected chi connectivity index (χ2v) is 12.5. The molecule has 0 saturated carbocycles. The number of benzene rings is 5. The largest absolute Gasteiger partial charge is 0.494 e. The van der Waals surface area contributed by atoms with E-state index in [1.165, 1.54) is 0 Å². The first-order valence-corrected chi connectivity index (χ1v) is 17.0. The van der Waals surface area contributed by atoms with Crippen LogP contribution in [-0.4, -0.2) is 42.2 Å². The van der Waals surface area contributed by atoms with E-state index in [0.717, 1.165) is 22.3 Å². The van der Waals surface area contributed by atoms with E-state index in [4.69, 9.17) is 31.2 Å². The molecule has 1 heterocycles. The van der Waals surface area contributed by atoms with E-state index < -0.39 is 17.6 Å². The number of aliphatic hydroxyl groups excluding tert-OH is 1. The summed E-state index contributed by atoms with van der Waals surface area (Å²) in [6.07, 6.45) is 0.354. The highest BCUT2D eigenvalue weighted by Gasteiger charge is 2.53. The summed E-state index contributed by atoms with van der Waals surface area (Å²) < 4.78 is 12.4. The number of nitrogens with one attached hydrogen (secondary N) is 2. The molecule has 0 aromatic heterocycles. The van der Waals surface area contributed by atoms with Crippen molar-refractivity contribution in [1.82, 2.24) is 10.9 Å². The second kappa shape index (κ2) is 16.8. The number of hydrogen-bond acceptors (Lipinski definition) is 7. The number of amides is 1. The Balaban J connectivity index is 1.38. The zero-order valence-electron chi connectivity index (χ0n) is 27.8. The van der Waals surface area contributed by atoms with Gasteiger partial charge in [-0.05, 0) is 76.2 Å². The number of halogens is 1. The highest BCUT2D eigenvalue weighted by atomic mass is 35.5. The van der Waals surface area contributed by atoms with Crippen LogP contribution < -0.4 is 15.6 Å². The normalized spacial score (nSPS) is 16.4. The Hall–Kier alpha value is -5.64. The van der Waals surface area contributed by atoms with Crippen LogP contribution in [0.4, 0.5) is 5.69 Å². The van der Waals surface area contributed by atoms with E-state index in [-0.39, 0.29) is 18.9 Å². The Morgan fingerprint density at radius 1 is 0.922 bits per heavy atom. The molecule has 2 atom stereocenters. The Morgan fingerprint density at radius 3 is 2.39 bits per heavy atom. The van der Waals surface area contributed by atoms with Gasteiger partial charge < -0.3 is 14.6 Å². The second-order valence-electron chi connectivity index (χ2n) is 12.0. The zero-order chi connectivity index (χ0) is 35.5. The molecule has 0 spiro atoms. The Labute approximate surface area is 301 Å². The molecule has 0 fully saturated rings. The van der Waals surface area contributed by atoms with E-state index in [1.54, 1.807) is 24.3 Å². The van der Waals surface area contributed by atoms with Gasteiger partial charge in [0.1, 0.15) is 5.75 Å². The highest BCUT2D eigenvalue weighted by molar-refractivity contribution is 6.30. The van der Waals surface area contributed by atoms with Gasteiger partial charge in [-0.15, -0.1) is 0 Å². The summed E-state index contributed by atoms with van der Waals surface area (Å²) in [5.41, 5.74) is 19.4. The average Bonchev–Trinajstić information content (AvgIpc) is 3.55. The van der Waals surface area contributed by atoms with Crippen LogP contribution in [0.2, 0.25) is 5.02 Å². The molecule has 0 aliphatic carbocycles. The molecule has 6 rings (SSSR count). The maximum atomic E-state index is 14.6. The number of nitrogens with zero attached hydrogens (tertiary/aromatic N) is 4. The lowest BCUT2D eigenvalue weighted by atomic mass is 9.81. The van der Waals surface area contributed by atoms with Crippen molar-refractivity contribution < 1.29 is 19.4 Å². The lowest BCUT2D eigenvalue weighted by molar-refractivity contribution is -0.130. The Morgan fingerprint density at radius 2 is 1.65 bits per heavy atom. The van der Waals surface area contributed by atoms with Gasteiger partial charge in [0.25, 0.3) is 5.91 Å². The molecule has 0 bridgehead atoms. The lowest BCUT2D eigenvalue weighted by Gasteiger charge is -2.31. The van der Waals surface area contributed by atoms with E-state index in [1.807, 2.05) is 103 Å². The molecule has 5 aromatic carbocycles. The van der Waals surface area contributed by atoms with Crippen LogP contribution in [0.5, 0.6) is 5.75 Å². The monoisotopic (exact) mass is 700 g/mol. The summed E-state index contributed by atoms with van der Waals surface area (Å²) in [6.45, 7) is 0.856. The van der Waals surface area contributed by atoms with Gasteiger partial charge in [0.15, 0.2) is 11.6 Å². The molecule has 0 radical (unpaired) electrons. The zero-order valence-corrected chi connectivity index (χ0v) is 28.5. The lowest BCUT2D eigenvalue weighted by Crippen LogP contribution is -2.54. The molecule has 10 nitrogen and oxygen atoms in total. The van der Waals surface area contributed by atoms with Crippen molar-refractivity contribution in [2.45, 2.75) is 30.9 Å². The standard InChI is InChI=1S/C40H37ClN6O4/c41-34-12-6-8-28(26-34)22-23-43-46-39(49)40(27-33-11-4-5-13-36(33)45-47-42)37(31-16-14-30(15-17-31)29-9-2-1-3-10-29)51-38(44-40)32-18-20-35(21-19-32)50-25-7-24-48/h1-6,8-21,26,37,43,48H,7,22-25,27H2,(H,46,49)/t37-,40-/m0/s1. The number of aliphatic imine (C=N–C) groups is 1. The number of rotatable bonds is 15. The highest BCUT2D eigenvalue weighted by Crippen LogP contribution is 2.44. The third-order valence-corrected chi connectivity index (χ3v) is 8.82. The molecule has 51 heavy (non-hydrogen) atoms. The molecule has 11 heteroatoms. The first-order valence-electron chi connectivity index (χ1n) is 16.7. The first-order chi connectivity index (χ1) is 25.0. The quantitative estimate of drug-likeness (QED) is 0.0333. The molecular weight excluding hydrogens is 664 g/mol. The number of carbonyl (C=O) groups is 1. The van der Waals surface area contributed by atoms with Crippen molar-refractivity contribution in [2.75, 3.05) is 19.8 Å². The van der Waals surface area contributed by atoms with Gasteiger partial charge >= 0.3 is 0 Å². The van der Waals surface area contributed by atoms with E-state index in [2.05, 4.69) is 20.9 Å². The summed E-state index contributed by atoms with van der Waals surface area (Å²) in [7, 11) is 0. The summed E-state index contributed by atoms with van der Waals surface area (Å²) in [6, 6.07) is 39.9. The van der Waals surface area contributed by atoms with Gasteiger partial charge in [0.2, 0.25) is 5.90 Å². The molecule has 1 amide bonds. The van der Waals surface area contributed by atoms with Crippen molar-refractivity contribution in [3.63, 3.8) is 0 Å². The topological polar surface area (TPSA) is 141 Å². The number of azide groups is 1. The molecule has 258 valence electrons. The maximum Gasteiger partial charge on any atom is 0.266 e. The average molecular weight is 701 g/mol. The van der Waals surface area contributed by atoms with Gasteiger partial charge in [-0.2, -0.15) is 0 Å². The number of carbonyl (C=O) groups excluding carboxylic acids is 1. The maximum absolute atomic E-state index is 14.6. The molecule has 1 aliphatic heterocycles. The van der Waals surface area contributed by atoms with Crippen LogP contribution in [0, 0.1) is 0 Å². The number of aliphatic hydroxyl groups is 1. The van der Waals surface area contributed by atoms with Gasteiger partial charge in [-0.1, -0.05) is 108 Å². The minimum Gasteiger partial charge on any atom is -0.494 e. The molecule has 3 N–H and O–H groups in total. The van der Waals surface area contributed by atoms with Gasteiger partial charge in [-0.25, -0.2) is 10.4 Å². The first kappa shape index (κ1) is 35.2. The third-order valence-electron chi connectivity index (χ3n) is 8.58. The third kappa shape index (κ3) is 8.57. The number of hydrogen-bond donors (Lipinski definition) is 3. The van der Waals surface area contributed by atoms with E-state index in [0.29, 0.717) is 53.6 Å². The Kier molecular flexibility index (Phi) is 11.6. The summed E-state index contributed by atoms with van der Waals surface area (Å²) in [4.78, 5) is 22.8. The summed E-state index contributed by atoms with van der Waals surface area (Å²) >= 11 is 6.18. The van der Waals surface area contributed by atoms with Gasteiger partial charge in [0, 0.05) is 47.2 Å². The molecule has 0 unspecified atom stereocenters. The van der Waals surface area contributed by atoms with E-state index >= 15 is 0 Å². The fraction of sp³-hybridized carbons (Fsp3) is 0.200.